The second kappa shape index (κ2) is 4.13. The third kappa shape index (κ3) is 1.92. The molecule has 70 valence electrons. The summed E-state index contributed by atoms with van der Waals surface area (Å²) in [6, 6.07) is 5.01. The van der Waals surface area contributed by atoms with E-state index >= 15 is 0 Å². The van der Waals surface area contributed by atoms with Crippen molar-refractivity contribution in [1.82, 2.24) is 0 Å². The Morgan fingerprint density at radius 3 is 2.69 bits per heavy atom. The van der Waals surface area contributed by atoms with Gasteiger partial charge in [-0.3, -0.25) is 10.1 Å². The fourth-order valence-corrected chi connectivity index (χ4v) is 1.59. The Morgan fingerprint density at radius 1 is 1.54 bits per heavy atom. The summed E-state index contributed by atoms with van der Waals surface area (Å²) in [5, 5.41) is 10.7. The summed E-state index contributed by atoms with van der Waals surface area (Å²) in [4.78, 5) is 10.9. The number of para-hydroxylation sites is 1. The van der Waals surface area contributed by atoms with Gasteiger partial charge in [-0.1, -0.05) is 6.07 Å². The zero-order valence-corrected chi connectivity index (χ0v) is 8.13. The van der Waals surface area contributed by atoms with Crippen LogP contribution in [0.2, 0.25) is 0 Å². The molecule has 0 saturated heterocycles. The molecule has 0 aliphatic rings. The van der Waals surface area contributed by atoms with Gasteiger partial charge in [-0.05, 0) is 18.4 Å². The minimum atomic E-state index is -0.426. The van der Waals surface area contributed by atoms with Gasteiger partial charge in [0.25, 0.3) is 0 Å². The molecule has 0 aliphatic carbocycles. The summed E-state index contributed by atoms with van der Waals surface area (Å²) in [6.07, 6.45) is 1.79. The van der Waals surface area contributed by atoms with Crippen LogP contribution in [0, 0.1) is 10.1 Å². The van der Waals surface area contributed by atoms with Crippen LogP contribution in [-0.4, -0.2) is 18.3 Å². The van der Waals surface area contributed by atoms with Crippen molar-refractivity contribution in [2.45, 2.75) is 4.90 Å². The molecule has 0 bridgehead atoms. The number of benzene rings is 1. The van der Waals surface area contributed by atoms with E-state index in [0.29, 0.717) is 10.6 Å². The highest BCUT2D eigenvalue weighted by molar-refractivity contribution is 7.98. The SMILES string of the molecule is COc1cccc(SC)c1[N+](=O)[O-]. The Morgan fingerprint density at radius 2 is 2.23 bits per heavy atom. The van der Waals surface area contributed by atoms with Crippen molar-refractivity contribution >= 4 is 17.4 Å². The van der Waals surface area contributed by atoms with Gasteiger partial charge < -0.3 is 4.74 Å². The molecule has 0 aromatic heterocycles. The minimum absolute atomic E-state index is 0.0394. The molecule has 0 heterocycles. The molecule has 1 aromatic carbocycles. The molecule has 0 saturated carbocycles. The van der Waals surface area contributed by atoms with Gasteiger partial charge in [0.1, 0.15) is 0 Å². The third-order valence-electron chi connectivity index (χ3n) is 1.58. The first kappa shape index (κ1) is 9.85. The maximum Gasteiger partial charge on any atom is 0.324 e. The highest BCUT2D eigenvalue weighted by atomic mass is 32.2. The van der Waals surface area contributed by atoms with Crippen molar-refractivity contribution in [3.8, 4) is 5.75 Å². The average Bonchev–Trinajstić information content (AvgIpc) is 2.16. The van der Waals surface area contributed by atoms with E-state index < -0.39 is 4.92 Å². The number of methoxy groups -OCH3 is 1. The molecule has 0 fully saturated rings. The van der Waals surface area contributed by atoms with E-state index in [4.69, 9.17) is 4.74 Å². The summed E-state index contributed by atoms with van der Waals surface area (Å²) in [5.74, 6) is 0.303. The summed E-state index contributed by atoms with van der Waals surface area (Å²) >= 11 is 1.33. The highest BCUT2D eigenvalue weighted by Gasteiger charge is 2.19. The fraction of sp³-hybridized carbons (Fsp3) is 0.250. The monoisotopic (exact) mass is 199 g/mol. The standard InChI is InChI=1S/C8H9NO3S/c1-12-6-4-3-5-7(13-2)8(6)9(10)11/h3-5H,1-2H3. The van der Waals surface area contributed by atoms with Gasteiger partial charge in [0.2, 0.25) is 0 Å². The molecular formula is C8H9NO3S. The van der Waals surface area contributed by atoms with Gasteiger partial charge in [0.15, 0.2) is 5.75 Å². The smallest absolute Gasteiger partial charge is 0.324 e. The molecule has 4 nitrogen and oxygen atoms in total. The first-order valence-corrected chi connectivity index (χ1v) is 4.78. The van der Waals surface area contributed by atoms with E-state index in [9.17, 15) is 10.1 Å². The minimum Gasteiger partial charge on any atom is -0.490 e. The number of nitro groups is 1. The van der Waals surface area contributed by atoms with E-state index in [-0.39, 0.29) is 5.69 Å². The lowest BCUT2D eigenvalue weighted by atomic mass is 10.3. The zero-order chi connectivity index (χ0) is 9.84. The number of thioether (sulfide) groups is 1. The summed E-state index contributed by atoms with van der Waals surface area (Å²) < 4.78 is 4.89. The van der Waals surface area contributed by atoms with Crippen LogP contribution in [0.4, 0.5) is 5.69 Å². The number of nitro benzene ring substituents is 1. The second-order valence-electron chi connectivity index (χ2n) is 2.27. The molecule has 0 aliphatic heterocycles. The van der Waals surface area contributed by atoms with Crippen LogP contribution in [-0.2, 0) is 0 Å². The lowest BCUT2D eigenvalue weighted by molar-refractivity contribution is -0.388. The van der Waals surface area contributed by atoms with Gasteiger partial charge >= 0.3 is 5.69 Å². The Hall–Kier alpha value is -1.23. The highest BCUT2D eigenvalue weighted by Crippen LogP contribution is 2.35. The van der Waals surface area contributed by atoms with Gasteiger partial charge in [-0.25, -0.2) is 0 Å². The number of hydrogen-bond acceptors (Lipinski definition) is 4. The van der Waals surface area contributed by atoms with Crippen molar-refractivity contribution in [2.24, 2.45) is 0 Å². The molecule has 1 aromatic rings. The zero-order valence-electron chi connectivity index (χ0n) is 7.31. The third-order valence-corrected chi connectivity index (χ3v) is 2.35. The quantitative estimate of drug-likeness (QED) is 0.426. The number of nitrogens with zero attached hydrogens (tertiary/aromatic N) is 1. The maximum absolute atomic E-state index is 10.7. The van der Waals surface area contributed by atoms with Crippen molar-refractivity contribution in [1.29, 1.82) is 0 Å². The van der Waals surface area contributed by atoms with E-state index in [0.717, 1.165) is 0 Å². The molecule has 5 heteroatoms. The normalized spacial score (nSPS) is 9.69. The molecule has 0 N–H and O–H groups in total. The molecular weight excluding hydrogens is 190 g/mol. The summed E-state index contributed by atoms with van der Waals surface area (Å²) in [6.45, 7) is 0. The van der Waals surface area contributed by atoms with Gasteiger partial charge in [0.05, 0.1) is 16.9 Å². The van der Waals surface area contributed by atoms with Crippen LogP contribution < -0.4 is 4.74 Å². The molecule has 0 unspecified atom stereocenters. The molecule has 0 atom stereocenters. The van der Waals surface area contributed by atoms with E-state index in [1.807, 2.05) is 0 Å². The molecule has 1 rings (SSSR count). The molecule has 0 radical (unpaired) electrons. The van der Waals surface area contributed by atoms with Gasteiger partial charge in [-0.15, -0.1) is 11.8 Å². The molecule has 0 spiro atoms. The summed E-state index contributed by atoms with van der Waals surface area (Å²) in [7, 11) is 1.42. The van der Waals surface area contributed by atoms with Crippen LogP contribution in [0.5, 0.6) is 5.75 Å². The fourth-order valence-electron chi connectivity index (χ4n) is 1.01. The number of hydrogen-bond donors (Lipinski definition) is 0. The number of ether oxygens (including phenoxy) is 1. The predicted molar refractivity (Wildman–Crippen MR) is 51.4 cm³/mol. The van der Waals surface area contributed by atoms with E-state index in [1.165, 1.54) is 18.9 Å². The average molecular weight is 199 g/mol. The van der Waals surface area contributed by atoms with Crippen LogP contribution in [0.1, 0.15) is 0 Å². The van der Waals surface area contributed by atoms with Crippen molar-refractivity contribution in [3.05, 3.63) is 28.3 Å². The Kier molecular flexibility index (Phi) is 3.13. The Balaban J connectivity index is 3.29. The van der Waals surface area contributed by atoms with E-state index in [1.54, 1.807) is 24.5 Å². The number of rotatable bonds is 3. The first-order chi connectivity index (χ1) is 6.20. The van der Waals surface area contributed by atoms with Crippen LogP contribution in [0.3, 0.4) is 0 Å². The maximum atomic E-state index is 10.7. The molecule has 0 amide bonds. The molecule has 13 heavy (non-hydrogen) atoms. The van der Waals surface area contributed by atoms with Gasteiger partial charge in [0, 0.05) is 0 Å². The topological polar surface area (TPSA) is 52.4 Å². The van der Waals surface area contributed by atoms with Crippen LogP contribution >= 0.6 is 11.8 Å². The first-order valence-electron chi connectivity index (χ1n) is 3.56. The van der Waals surface area contributed by atoms with Gasteiger partial charge in [-0.2, -0.15) is 0 Å². The Bertz CT molecular complexity index is 305. The lowest BCUT2D eigenvalue weighted by Crippen LogP contribution is -1.95. The van der Waals surface area contributed by atoms with Crippen molar-refractivity contribution < 1.29 is 9.66 Å². The Labute approximate surface area is 80.1 Å². The van der Waals surface area contributed by atoms with Crippen molar-refractivity contribution in [3.63, 3.8) is 0 Å². The van der Waals surface area contributed by atoms with Crippen molar-refractivity contribution in [2.75, 3.05) is 13.4 Å². The summed E-state index contributed by atoms with van der Waals surface area (Å²) in [5.41, 5.74) is 0.0394. The van der Waals surface area contributed by atoms with Crippen LogP contribution in [0.25, 0.3) is 0 Å². The van der Waals surface area contributed by atoms with E-state index in [2.05, 4.69) is 0 Å². The largest absolute Gasteiger partial charge is 0.490 e. The second-order valence-corrected chi connectivity index (χ2v) is 3.12. The lowest BCUT2D eigenvalue weighted by Gasteiger charge is -2.03. The predicted octanol–water partition coefficient (Wildman–Crippen LogP) is 2.33. The van der Waals surface area contributed by atoms with Crippen LogP contribution in [0.15, 0.2) is 23.1 Å².